The van der Waals surface area contributed by atoms with Crippen molar-refractivity contribution >= 4 is 11.8 Å². The SMILES string of the molecule is CC(=O)N[C@H]1C[C@@H]2C[C@@H](O)C=C[C@]2(C)[C@H]2CC[C@@]3(C)C(=C12)C=C[C@@H]3NC(C)=O. The molecule has 0 radical (unpaired) electrons. The van der Waals surface area contributed by atoms with Crippen LogP contribution < -0.4 is 10.6 Å². The molecule has 0 bridgehead atoms. The first kappa shape index (κ1) is 19.4. The fourth-order valence-electron chi connectivity index (χ4n) is 6.39. The fraction of sp³-hybridized carbons (Fsp3) is 0.652. The number of amides is 2. The van der Waals surface area contributed by atoms with E-state index in [0.717, 1.165) is 25.7 Å². The van der Waals surface area contributed by atoms with E-state index in [1.807, 2.05) is 6.08 Å². The highest BCUT2D eigenvalue weighted by Gasteiger charge is 2.55. The Morgan fingerprint density at radius 2 is 1.82 bits per heavy atom. The highest BCUT2D eigenvalue weighted by atomic mass is 16.3. The molecule has 2 amide bonds. The largest absolute Gasteiger partial charge is 0.389 e. The lowest BCUT2D eigenvalue weighted by Gasteiger charge is -2.56. The number of carbonyl (C=O) groups is 2. The van der Waals surface area contributed by atoms with Gasteiger partial charge in [0.2, 0.25) is 11.8 Å². The third-order valence-corrected chi connectivity index (χ3v) is 7.86. The van der Waals surface area contributed by atoms with E-state index >= 15 is 0 Å². The highest BCUT2D eigenvalue weighted by Crippen LogP contribution is 2.61. The molecule has 4 aliphatic carbocycles. The lowest BCUT2D eigenvalue weighted by Crippen LogP contribution is -2.55. The van der Waals surface area contributed by atoms with Gasteiger partial charge in [-0.2, -0.15) is 0 Å². The second-order valence-corrected chi connectivity index (χ2v) is 9.63. The van der Waals surface area contributed by atoms with Gasteiger partial charge in [0.15, 0.2) is 0 Å². The lowest BCUT2D eigenvalue weighted by molar-refractivity contribution is -0.120. The van der Waals surface area contributed by atoms with Crippen LogP contribution in [0.4, 0.5) is 0 Å². The van der Waals surface area contributed by atoms with Crippen LogP contribution in [0.25, 0.3) is 0 Å². The van der Waals surface area contributed by atoms with Crippen LogP contribution in [-0.2, 0) is 9.59 Å². The van der Waals surface area contributed by atoms with Crippen LogP contribution in [0.15, 0.2) is 35.5 Å². The van der Waals surface area contributed by atoms with Gasteiger partial charge in [-0.15, -0.1) is 0 Å². The van der Waals surface area contributed by atoms with Crippen LogP contribution in [0.2, 0.25) is 0 Å². The van der Waals surface area contributed by atoms with Gasteiger partial charge in [-0.25, -0.2) is 0 Å². The zero-order valence-electron chi connectivity index (χ0n) is 17.3. The highest BCUT2D eigenvalue weighted by molar-refractivity contribution is 5.75. The minimum atomic E-state index is -0.394. The van der Waals surface area contributed by atoms with Crippen molar-refractivity contribution in [2.75, 3.05) is 0 Å². The van der Waals surface area contributed by atoms with Gasteiger partial charge in [0.05, 0.1) is 18.2 Å². The van der Waals surface area contributed by atoms with Gasteiger partial charge in [0.1, 0.15) is 0 Å². The summed E-state index contributed by atoms with van der Waals surface area (Å²) in [6.07, 6.45) is 11.7. The van der Waals surface area contributed by atoms with E-state index in [1.165, 1.54) is 11.1 Å². The Morgan fingerprint density at radius 1 is 1.11 bits per heavy atom. The normalized spacial score (nSPS) is 43.8. The van der Waals surface area contributed by atoms with Crippen molar-refractivity contribution in [3.05, 3.63) is 35.5 Å². The van der Waals surface area contributed by atoms with Crippen molar-refractivity contribution in [2.24, 2.45) is 22.7 Å². The van der Waals surface area contributed by atoms with E-state index in [4.69, 9.17) is 0 Å². The van der Waals surface area contributed by atoms with E-state index in [-0.39, 0.29) is 34.7 Å². The predicted molar refractivity (Wildman–Crippen MR) is 108 cm³/mol. The van der Waals surface area contributed by atoms with Crippen molar-refractivity contribution in [2.45, 2.75) is 71.6 Å². The number of rotatable bonds is 2. The summed E-state index contributed by atoms with van der Waals surface area (Å²) in [4.78, 5) is 23.7. The van der Waals surface area contributed by atoms with Gasteiger partial charge in [0, 0.05) is 19.3 Å². The van der Waals surface area contributed by atoms with Crippen molar-refractivity contribution in [3.8, 4) is 0 Å². The van der Waals surface area contributed by atoms with Gasteiger partial charge in [-0.1, -0.05) is 38.2 Å². The molecule has 0 heterocycles. The minimum Gasteiger partial charge on any atom is -0.389 e. The molecule has 0 saturated heterocycles. The maximum Gasteiger partial charge on any atom is 0.217 e. The molecule has 28 heavy (non-hydrogen) atoms. The Morgan fingerprint density at radius 3 is 2.50 bits per heavy atom. The molecule has 4 aliphatic rings. The number of hydrogen-bond acceptors (Lipinski definition) is 3. The van der Waals surface area contributed by atoms with Crippen LogP contribution in [0, 0.1) is 22.7 Å². The topological polar surface area (TPSA) is 78.4 Å². The first-order chi connectivity index (χ1) is 13.1. The van der Waals surface area contributed by atoms with Gasteiger partial charge in [-0.05, 0) is 54.1 Å². The maximum atomic E-state index is 12.0. The van der Waals surface area contributed by atoms with Gasteiger partial charge >= 0.3 is 0 Å². The van der Waals surface area contributed by atoms with Crippen molar-refractivity contribution in [3.63, 3.8) is 0 Å². The van der Waals surface area contributed by atoms with E-state index in [1.54, 1.807) is 13.8 Å². The average Bonchev–Trinajstić information content (AvgIpc) is 2.92. The summed E-state index contributed by atoms with van der Waals surface area (Å²) in [5.74, 6) is 0.665. The molecule has 1 saturated carbocycles. The summed E-state index contributed by atoms with van der Waals surface area (Å²) < 4.78 is 0. The smallest absolute Gasteiger partial charge is 0.217 e. The molecular weight excluding hydrogens is 352 g/mol. The number of fused-ring (bicyclic) bond motifs is 4. The monoisotopic (exact) mass is 384 g/mol. The maximum absolute atomic E-state index is 12.0. The molecule has 7 atom stereocenters. The number of hydrogen-bond donors (Lipinski definition) is 3. The summed E-state index contributed by atoms with van der Waals surface area (Å²) in [7, 11) is 0. The Hall–Kier alpha value is -1.88. The molecule has 152 valence electrons. The molecule has 0 unspecified atom stereocenters. The predicted octanol–water partition coefficient (Wildman–Crippen LogP) is 2.63. The van der Waals surface area contributed by atoms with E-state index < -0.39 is 6.10 Å². The molecule has 0 spiro atoms. The van der Waals surface area contributed by atoms with Crippen molar-refractivity contribution < 1.29 is 14.7 Å². The number of allylic oxidation sites excluding steroid dienone is 2. The third kappa shape index (κ3) is 2.86. The number of aliphatic hydroxyl groups excluding tert-OH is 1. The zero-order chi connectivity index (χ0) is 20.3. The molecule has 0 aliphatic heterocycles. The molecule has 0 aromatic rings. The molecule has 0 aromatic carbocycles. The summed E-state index contributed by atoms with van der Waals surface area (Å²) in [6, 6.07) is -0.00435. The summed E-state index contributed by atoms with van der Waals surface area (Å²) in [6.45, 7) is 7.71. The second kappa shape index (κ2) is 6.58. The standard InChI is InChI=1S/C23H32N2O3/c1-13(26)24-19-12-15-11-16(28)7-9-22(15,3)18-8-10-23(4)17(21(18)19)5-6-20(23)25-14(2)27/h5-7,9,15-16,18-20,28H,8,10-12H2,1-4H3,(H,24,26)(H,25,27)/t15-,16-,18-,19-,20-,22-,23-/m0/s1. The minimum absolute atomic E-state index is 0.000628. The van der Waals surface area contributed by atoms with Crippen molar-refractivity contribution in [1.29, 1.82) is 0 Å². The molecule has 5 nitrogen and oxygen atoms in total. The van der Waals surface area contributed by atoms with E-state index in [0.29, 0.717) is 11.8 Å². The molecule has 1 fully saturated rings. The van der Waals surface area contributed by atoms with E-state index in [2.05, 4.69) is 42.7 Å². The lowest BCUT2D eigenvalue weighted by atomic mass is 9.50. The Bertz CT molecular complexity index is 798. The zero-order valence-corrected chi connectivity index (χ0v) is 17.3. The molecule has 0 aromatic heterocycles. The third-order valence-electron chi connectivity index (χ3n) is 7.86. The van der Waals surface area contributed by atoms with Crippen LogP contribution in [0.3, 0.4) is 0 Å². The summed E-state index contributed by atoms with van der Waals surface area (Å²) >= 11 is 0. The van der Waals surface area contributed by atoms with Crippen molar-refractivity contribution in [1.82, 2.24) is 10.6 Å². The second-order valence-electron chi connectivity index (χ2n) is 9.63. The van der Waals surface area contributed by atoms with Crippen LogP contribution in [0.1, 0.15) is 53.4 Å². The quantitative estimate of drug-likeness (QED) is 0.641. The van der Waals surface area contributed by atoms with Gasteiger partial charge in [-0.3, -0.25) is 9.59 Å². The fourth-order valence-corrected chi connectivity index (χ4v) is 6.39. The summed E-state index contributed by atoms with van der Waals surface area (Å²) in [5, 5.41) is 16.5. The van der Waals surface area contributed by atoms with Crippen LogP contribution >= 0.6 is 0 Å². The number of aliphatic hydroxyl groups is 1. The summed E-state index contributed by atoms with van der Waals surface area (Å²) in [5.41, 5.74) is 2.50. The van der Waals surface area contributed by atoms with Crippen LogP contribution in [0.5, 0.6) is 0 Å². The molecule has 3 N–H and O–H groups in total. The van der Waals surface area contributed by atoms with Gasteiger partial charge in [0.25, 0.3) is 0 Å². The molecular formula is C23H32N2O3. The molecule has 5 heteroatoms. The van der Waals surface area contributed by atoms with Gasteiger partial charge < -0.3 is 15.7 Å². The first-order valence-electron chi connectivity index (χ1n) is 10.5. The first-order valence-corrected chi connectivity index (χ1v) is 10.5. The average molecular weight is 385 g/mol. The number of nitrogens with one attached hydrogen (secondary N) is 2. The Kier molecular flexibility index (Phi) is 4.57. The Balaban J connectivity index is 1.81. The van der Waals surface area contributed by atoms with Crippen LogP contribution in [-0.4, -0.2) is 35.1 Å². The molecule has 4 rings (SSSR count). The Labute approximate surface area is 167 Å². The number of carbonyl (C=O) groups excluding carboxylic acids is 2. The van der Waals surface area contributed by atoms with E-state index in [9.17, 15) is 14.7 Å².